The number of urea groups is 1. The first-order valence-corrected chi connectivity index (χ1v) is 7.36. The van der Waals surface area contributed by atoms with E-state index in [9.17, 15) is 19.5 Å². The van der Waals surface area contributed by atoms with Gasteiger partial charge in [-0.3, -0.25) is 14.5 Å². The van der Waals surface area contributed by atoms with Crippen LogP contribution in [0.4, 0.5) is 4.79 Å². The number of hydrogen-bond donors (Lipinski definition) is 1. The average molecular weight is 297 g/mol. The van der Waals surface area contributed by atoms with Gasteiger partial charge in [0.05, 0.1) is 0 Å². The van der Waals surface area contributed by atoms with Gasteiger partial charge in [-0.1, -0.05) is 6.92 Å². The van der Waals surface area contributed by atoms with Crippen LogP contribution in [0.25, 0.3) is 0 Å². The molecular formula is C14H23N3O4. The Balaban J connectivity index is 1.91. The van der Waals surface area contributed by atoms with E-state index in [0.717, 1.165) is 24.2 Å². The summed E-state index contributed by atoms with van der Waals surface area (Å²) in [7, 11) is 1.54. The SMILES string of the molecule is CCC1(CO)CCN(C(=O)CN2C(=O)CN(C)C2=O)CC1. The molecule has 2 saturated heterocycles. The summed E-state index contributed by atoms with van der Waals surface area (Å²) in [5, 5.41) is 9.49. The lowest BCUT2D eigenvalue weighted by Gasteiger charge is -2.40. The maximum absolute atomic E-state index is 12.2. The van der Waals surface area contributed by atoms with E-state index >= 15 is 0 Å². The van der Waals surface area contributed by atoms with Crippen LogP contribution in [0.1, 0.15) is 26.2 Å². The molecule has 0 atom stereocenters. The van der Waals surface area contributed by atoms with E-state index in [0.29, 0.717) is 13.1 Å². The summed E-state index contributed by atoms with van der Waals surface area (Å²) in [6, 6.07) is -0.413. The summed E-state index contributed by atoms with van der Waals surface area (Å²) in [5.74, 6) is -0.527. The molecule has 0 bridgehead atoms. The molecule has 0 aliphatic carbocycles. The molecule has 21 heavy (non-hydrogen) atoms. The lowest BCUT2D eigenvalue weighted by atomic mass is 9.77. The zero-order valence-electron chi connectivity index (χ0n) is 12.7. The van der Waals surface area contributed by atoms with E-state index in [2.05, 4.69) is 0 Å². The Hall–Kier alpha value is -1.63. The van der Waals surface area contributed by atoms with Crippen molar-refractivity contribution in [2.75, 3.05) is 39.8 Å². The Morgan fingerprint density at radius 1 is 1.29 bits per heavy atom. The van der Waals surface area contributed by atoms with Crippen LogP contribution in [0.2, 0.25) is 0 Å². The van der Waals surface area contributed by atoms with Crippen LogP contribution in [0.15, 0.2) is 0 Å². The summed E-state index contributed by atoms with van der Waals surface area (Å²) >= 11 is 0. The van der Waals surface area contributed by atoms with Crippen LogP contribution < -0.4 is 0 Å². The molecule has 2 heterocycles. The molecule has 4 amide bonds. The third kappa shape index (κ3) is 3.02. The van der Waals surface area contributed by atoms with E-state index in [1.807, 2.05) is 6.92 Å². The molecule has 2 fully saturated rings. The van der Waals surface area contributed by atoms with Gasteiger partial charge in [0, 0.05) is 26.7 Å². The van der Waals surface area contributed by atoms with Crippen molar-refractivity contribution in [3.63, 3.8) is 0 Å². The third-order valence-corrected chi connectivity index (χ3v) is 4.79. The molecule has 2 aliphatic rings. The van der Waals surface area contributed by atoms with E-state index in [1.54, 1.807) is 11.9 Å². The molecule has 0 aromatic rings. The van der Waals surface area contributed by atoms with Crippen molar-refractivity contribution in [1.29, 1.82) is 0 Å². The fourth-order valence-corrected chi connectivity index (χ4v) is 2.91. The van der Waals surface area contributed by atoms with Crippen molar-refractivity contribution in [2.24, 2.45) is 5.41 Å². The smallest absolute Gasteiger partial charge is 0.327 e. The van der Waals surface area contributed by atoms with Gasteiger partial charge in [0.1, 0.15) is 13.1 Å². The number of rotatable bonds is 4. The van der Waals surface area contributed by atoms with Gasteiger partial charge in [0.15, 0.2) is 0 Å². The molecule has 2 aliphatic heterocycles. The van der Waals surface area contributed by atoms with Crippen molar-refractivity contribution in [3.8, 4) is 0 Å². The standard InChI is InChI=1S/C14H23N3O4/c1-3-14(10-18)4-6-16(7-5-14)11(19)9-17-12(20)8-15(2)13(17)21/h18H,3-10H2,1-2H3. The summed E-state index contributed by atoms with van der Waals surface area (Å²) in [6.07, 6.45) is 2.40. The maximum Gasteiger partial charge on any atom is 0.327 e. The lowest BCUT2D eigenvalue weighted by Crippen LogP contribution is -2.48. The molecule has 2 rings (SSSR count). The summed E-state index contributed by atoms with van der Waals surface area (Å²) in [5.41, 5.74) is -0.0870. The minimum atomic E-state index is -0.413. The highest BCUT2D eigenvalue weighted by atomic mass is 16.3. The number of aliphatic hydroxyl groups is 1. The molecule has 0 aromatic heterocycles. The van der Waals surface area contributed by atoms with E-state index in [4.69, 9.17) is 0 Å². The van der Waals surface area contributed by atoms with Crippen molar-refractivity contribution >= 4 is 17.8 Å². The summed E-state index contributed by atoms with van der Waals surface area (Å²) < 4.78 is 0. The topological polar surface area (TPSA) is 81.2 Å². The molecule has 0 radical (unpaired) electrons. The zero-order chi connectivity index (χ0) is 15.6. The van der Waals surface area contributed by atoms with Gasteiger partial charge in [-0.25, -0.2) is 4.79 Å². The van der Waals surface area contributed by atoms with Gasteiger partial charge in [-0.05, 0) is 24.7 Å². The average Bonchev–Trinajstić information content (AvgIpc) is 2.73. The van der Waals surface area contributed by atoms with Gasteiger partial charge in [0.2, 0.25) is 5.91 Å². The first kappa shape index (κ1) is 15.8. The Kier molecular flexibility index (Phi) is 4.51. The Morgan fingerprint density at radius 3 is 2.33 bits per heavy atom. The highest BCUT2D eigenvalue weighted by Crippen LogP contribution is 2.34. The van der Waals surface area contributed by atoms with Crippen LogP contribution in [0.3, 0.4) is 0 Å². The molecule has 0 aromatic carbocycles. The summed E-state index contributed by atoms with van der Waals surface area (Å²) in [6.45, 7) is 3.18. The highest BCUT2D eigenvalue weighted by molar-refractivity contribution is 6.04. The fourth-order valence-electron chi connectivity index (χ4n) is 2.91. The number of amides is 4. The monoisotopic (exact) mass is 297 g/mol. The van der Waals surface area contributed by atoms with E-state index in [1.165, 1.54) is 4.90 Å². The number of carbonyl (C=O) groups excluding carboxylic acids is 3. The second kappa shape index (κ2) is 6.01. The van der Waals surface area contributed by atoms with E-state index < -0.39 is 6.03 Å². The molecule has 7 heteroatoms. The fraction of sp³-hybridized carbons (Fsp3) is 0.786. The summed E-state index contributed by atoms with van der Waals surface area (Å²) in [4.78, 5) is 39.7. The quantitative estimate of drug-likeness (QED) is 0.734. The molecular weight excluding hydrogens is 274 g/mol. The van der Waals surface area contributed by atoms with Crippen molar-refractivity contribution in [2.45, 2.75) is 26.2 Å². The Morgan fingerprint density at radius 2 is 1.90 bits per heavy atom. The molecule has 0 saturated carbocycles. The van der Waals surface area contributed by atoms with Crippen molar-refractivity contribution in [3.05, 3.63) is 0 Å². The number of imide groups is 1. The Bertz CT molecular complexity index is 438. The molecule has 0 unspecified atom stereocenters. The van der Waals surface area contributed by atoms with Crippen LogP contribution in [0.5, 0.6) is 0 Å². The number of likely N-dealkylation sites (tertiary alicyclic amines) is 1. The minimum Gasteiger partial charge on any atom is -0.396 e. The number of likely N-dealkylation sites (N-methyl/N-ethyl adjacent to an activating group) is 1. The van der Waals surface area contributed by atoms with E-state index in [-0.39, 0.29) is 36.9 Å². The minimum absolute atomic E-state index is 0.0373. The van der Waals surface area contributed by atoms with Crippen LogP contribution in [-0.2, 0) is 9.59 Å². The van der Waals surface area contributed by atoms with Crippen LogP contribution in [-0.4, -0.2) is 77.5 Å². The van der Waals surface area contributed by atoms with Gasteiger partial charge in [0.25, 0.3) is 5.91 Å². The van der Waals surface area contributed by atoms with Crippen molar-refractivity contribution in [1.82, 2.24) is 14.7 Å². The van der Waals surface area contributed by atoms with Crippen LogP contribution >= 0.6 is 0 Å². The number of carbonyl (C=O) groups is 3. The molecule has 118 valence electrons. The van der Waals surface area contributed by atoms with Gasteiger partial charge >= 0.3 is 6.03 Å². The predicted molar refractivity (Wildman–Crippen MR) is 75.4 cm³/mol. The molecule has 0 spiro atoms. The van der Waals surface area contributed by atoms with Gasteiger partial charge in [-0.15, -0.1) is 0 Å². The predicted octanol–water partition coefficient (Wildman–Crippen LogP) is -0.108. The largest absolute Gasteiger partial charge is 0.396 e. The van der Waals surface area contributed by atoms with Crippen LogP contribution in [0, 0.1) is 5.41 Å². The van der Waals surface area contributed by atoms with Crippen molar-refractivity contribution < 1.29 is 19.5 Å². The normalized spacial score (nSPS) is 22.1. The molecule has 7 nitrogen and oxygen atoms in total. The second-order valence-corrected chi connectivity index (χ2v) is 6.01. The zero-order valence-corrected chi connectivity index (χ0v) is 12.7. The second-order valence-electron chi connectivity index (χ2n) is 6.01. The number of hydrogen-bond acceptors (Lipinski definition) is 4. The van der Waals surface area contributed by atoms with Gasteiger partial charge < -0.3 is 14.9 Å². The molecule has 1 N–H and O–H groups in total. The first-order valence-electron chi connectivity index (χ1n) is 7.36. The number of nitrogens with zero attached hydrogens (tertiary/aromatic N) is 3. The lowest BCUT2D eigenvalue weighted by molar-refractivity contribution is -0.138. The number of piperidine rings is 1. The van der Waals surface area contributed by atoms with Gasteiger partial charge in [-0.2, -0.15) is 0 Å². The number of aliphatic hydroxyl groups excluding tert-OH is 1. The Labute approximate surface area is 124 Å². The third-order valence-electron chi connectivity index (χ3n) is 4.79. The highest BCUT2D eigenvalue weighted by Gasteiger charge is 2.38. The first-order chi connectivity index (χ1) is 9.92. The maximum atomic E-state index is 12.2.